The van der Waals surface area contributed by atoms with Gasteiger partial charge in [-0.1, -0.05) is 13.8 Å². The number of hydrogen-bond acceptors (Lipinski definition) is 3. The fourth-order valence-corrected chi connectivity index (χ4v) is 1.47. The molecular formula is C14H18N2O2. The Balaban J connectivity index is 2.43. The van der Waals surface area contributed by atoms with Crippen LogP contribution in [0.4, 0.5) is 0 Å². The molecule has 4 heteroatoms. The van der Waals surface area contributed by atoms with E-state index in [4.69, 9.17) is 5.26 Å². The average Bonchev–Trinajstić information content (AvgIpc) is 2.38. The second kappa shape index (κ2) is 6.77. The number of nitrogens with zero attached hydrogens (tertiary/aromatic N) is 1. The number of hydrogen-bond donors (Lipinski definition) is 2. The molecule has 96 valence electrons. The van der Waals surface area contributed by atoms with Crippen LogP contribution in [0.1, 0.15) is 36.2 Å². The molecule has 1 rings (SSSR count). The zero-order chi connectivity index (χ0) is 13.5. The second-order valence-corrected chi connectivity index (χ2v) is 4.55. The first kappa shape index (κ1) is 14.2. The highest BCUT2D eigenvalue weighted by atomic mass is 16.3. The van der Waals surface area contributed by atoms with Gasteiger partial charge in [0.05, 0.1) is 17.7 Å². The van der Waals surface area contributed by atoms with E-state index in [1.807, 2.05) is 19.9 Å². The van der Waals surface area contributed by atoms with Gasteiger partial charge in [-0.25, -0.2) is 0 Å². The van der Waals surface area contributed by atoms with E-state index in [1.54, 1.807) is 24.3 Å². The summed E-state index contributed by atoms with van der Waals surface area (Å²) in [7, 11) is 0. The van der Waals surface area contributed by atoms with Gasteiger partial charge in [0.2, 0.25) is 0 Å². The Morgan fingerprint density at radius 1 is 1.39 bits per heavy atom. The van der Waals surface area contributed by atoms with Crippen molar-refractivity contribution >= 4 is 5.91 Å². The number of aliphatic hydroxyl groups is 1. The molecule has 1 aromatic carbocycles. The number of rotatable bonds is 5. The molecule has 0 spiro atoms. The first-order chi connectivity index (χ1) is 8.54. The van der Waals surface area contributed by atoms with Gasteiger partial charge in [0.25, 0.3) is 5.91 Å². The third-order valence-electron chi connectivity index (χ3n) is 2.77. The summed E-state index contributed by atoms with van der Waals surface area (Å²) in [6, 6.07) is 8.45. The summed E-state index contributed by atoms with van der Waals surface area (Å²) in [5.41, 5.74) is 1.05. The Morgan fingerprint density at radius 2 is 2.00 bits per heavy atom. The fraction of sp³-hybridized carbons (Fsp3) is 0.429. The summed E-state index contributed by atoms with van der Waals surface area (Å²) in [5, 5.41) is 21.0. The quantitative estimate of drug-likeness (QED) is 0.830. The Kier molecular flexibility index (Phi) is 5.34. The maximum Gasteiger partial charge on any atom is 0.251 e. The zero-order valence-electron chi connectivity index (χ0n) is 10.7. The Hall–Kier alpha value is -1.86. The van der Waals surface area contributed by atoms with Crippen LogP contribution in [-0.4, -0.2) is 23.7 Å². The smallest absolute Gasteiger partial charge is 0.251 e. The lowest BCUT2D eigenvalue weighted by Gasteiger charge is -2.14. The number of carbonyl (C=O) groups is 1. The van der Waals surface area contributed by atoms with Gasteiger partial charge in [0.1, 0.15) is 0 Å². The molecular weight excluding hydrogens is 228 g/mol. The lowest BCUT2D eigenvalue weighted by molar-refractivity contribution is 0.0920. The van der Waals surface area contributed by atoms with E-state index in [0.717, 1.165) is 0 Å². The molecule has 0 saturated carbocycles. The minimum Gasteiger partial charge on any atom is -0.393 e. The highest BCUT2D eigenvalue weighted by molar-refractivity contribution is 5.94. The van der Waals surface area contributed by atoms with Gasteiger partial charge in [0.15, 0.2) is 0 Å². The minimum absolute atomic E-state index is 0.185. The first-order valence-corrected chi connectivity index (χ1v) is 6.01. The molecule has 0 fully saturated rings. The summed E-state index contributed by atoms with van der Waals surface area (Å²) >= 11 is 0. The fourth-order valence-electron chi connectivity index (χ4n) is 1.47. The minimum atomic E-state index is -0.397. The number of carbonyl (C=O) groups excluding carboxylic acids is 1. The van der Waals surface area contributed by atoms with E-state index >= 15 is 0 Å². The molecule has 2 N–H and O–H groups in total. The summed E-state index contributed by atoms with van der Waals surface area (Å²) in [6.07, 6.45) is 0.144. The second-order valence-electron chi connectivity index (χ2n) is 4.55. The van der Waals surface area contributed by atoms with Crippen LogP contribution in [0.2, 0.25) is 0 Å². The van der Waals surface area contributed by atoms with Gasteiger partial charge in [-0.15, -0.1) is 0 Å². The molecule has 0 aromatic heterocycles. The van der Waals surface area contributed by atoms with Crippen LogP contribution in [0, 0.1) is 17.2 Å². The monoisotopic (exact) mass is 246 g/mol. The SMILES string of the molecule is CC(C)C(O)CCNC(=O)c1ccc(C#N)cc1. The molecule has 1 unspecified atom stereocenters. The van der Waals surface area contributed by atoms with Crippen molar-refractivity contribution in [3.8, 4) is 6.07 Å². The Labute approximate surface area is 107 Å². The van der Waals surface area contributed by atoms with Crippen molar-refractivity contribution in [2.75, 3.05) is 6.54 Å². The van der Waals surface area contributed by atoms with Gasteiger partial charge in [0, 0.05) is 12.1 Å². The van der Waals surface area contributed by atoms with Crippen LogP contribution >= 0.6 is 0 Å². The molecule has 0 aliphatic carbocycles. The van der Waals surface area contributed by atoms with Crippen LogP contribution in [0.5, 0.6) is 0 Å². The average molecular weight is 246 g/mol. The third kappa shape index (κ3) is 4.19. The molecule has 0 heterocycles. The van der Waals surface area contributed by atoms with Crippen molar-refractivity contribution in [1.29, 1.82) is 5.26 Å². The summed E-state index contributed by atoms with van der Waals surface area (Å²) < 4.78 is 0. The number of nitriles is 1. The Morgan fingerprint density at radius 3 is 2.50 bits per heavy atom. The van der Waals surface area contributed by atoms with Gasteiger partial charge in [-0.2, -0.15) is 5.26 Å². The predicted molar refractivity (Wildman–Crippen MR) is 69.0 cm³/mol. The molecule has 0 aliphatic heterocycles. The van der Waals surface area contributed by atoms with Crippen LogP contribution in [0.25, 0.3) is 0 Å². The van der Waals surface area contributed by atoms with Crippen molar-refractivity contribution in [3.05, 3.63) is 35.4 Å². The predicted octanol–water partition coefficient (Wildman–Crippen LogP) is 1.70. The van der Waals surface area contributed by atoms with Crippen molar-refractivity contribution < 1.29 is 9.90 Å². The molecule has 4 nitrogen and oxygen atoms in total. The van der Waals surface area contributed by atoms with Crippen molar-refractivity contribution in [2.24, 2.45) is 5.92 Å². The van der Waals surface area contributed by atoms with E-state index in [-0.39, 0.29) is 11.8 Å². The van der Waals surface area contributed by atoms with Crippen LogP contribution in [0.3, 0.4) is 0 Å². The molecule has 0 radical (unpaired) electrons. The maximum atomic E-state index is 11.7. The maximum absolute atomic E-state index is 11.7. The largest absolute Gasteiger partial charge is 0.393 e. The number of nitrogens with one attached hydrogen (secondary N) is 1. The van der Waals surface area contributed by atoms with E-state index in [0.29, 0.717) is 24.1 Å². The van der Waals surface area contributed by atoms with Gasteiger partial charge in [-0.05, 0) is 36.6 Å². The molecule has 0 bridgehead atoms. The van der Waals surface area contributed by atoms with Crippen molar-refractivity contribution in [1.82, 2.24) is 5.32 Å². The normalized spacial score (nSPS) is 11.9. The molecule has 1 amide bonds. The third-order valence-corrected chi connectivity index (χ3v) is 2.77. The summed E-state index contributed by atoms with van der Waals surface area (Å²) in [4.78, 5) is 11.7. The van der Waals surface area contributed by atoms with Gasteiger partial charge >= 0.3 is 0 Å². The van der Waals surface area contributed by atoms with Crippen molar-refractivity contribution in [3.63, 3.8) is 0 Å². The van der Waals surface area contributed by atoms with Crippen LogP contribution in [0.15, 0.2) is 24.3 Å². The zero-order valence-corrected chi connectivity index (χ0v) is 10.7. The molecule has 18 heavy (non-hydrogen) atoms. The molecule has 0 aliphatic rings. The van der Waals surface area contributed by atoms with Crippen LogP contribution in [-0.2, 0) is 0 Å². The van der Waals surface area contributed by atoms with Gasteiger partial charge in [-0.3, -0.25) is 4.79 Å². The topological polar surface area (TPSA) is 73.1 Å². The molecule has 1 atom stereocenters. The highest BCUT2D eigenvalue weighted by Gasteiger charge is 2.10. The number of benzene rings is 1. The highest BCUT2D eigenvalue weighted by Crippen LogP contribution is 2.05. The molecule has 0 saturated heterocycles. The van der Waals surface area contributed by atoms with Crippen LogP contribution < -0.4 is 5.32 Å². The number of amides is 1. The summed E-state index contributed by atoms with van der Waals surface area (Å²) in [6.45, 7) is 4.32. The lowest BCUT2D eigenvalue weighted by atomic mass is 10.0. The molecule has 1 aromatic rings. The van der Waals surface area contributed by atoms with Gasteiger partial charge < -0.3 is 10.4 Å². The van der Waals surface area contributed by atoms with E-state index in [9.17, 15) is 9.90 Å². The first-order valence-electron chi connectivity index (χ1n) is 6.01. The number of aliphatic hydroxyl groups excluding tert-OH is 1. The van der Waals surface area contributed by atoms with E-state index in [2.05, 4.69) is 5.32 Å². The van der Waals surface area contributed by atoms with E-state index in [1.165, 1.54) is 0 Å². The lowest BCUT2D eigenvalue weighted by Crippen LogP contribution is -2.28. The Bertz CT molecular complexity index is 432. The summed E-state index contributed by atoms with van der Waals surface area (Å²) in [5.74, 6) is 0.00672. The van der Waals surface area contributed by atoms with E-state index < -0.39 is 6.10 Å². The van der Waals surface area contributed by atoms with Crippen molar-refractivity contribution in [2.45, 2.75) is 26.4 Å². The standard InChI is InChI=1S/C14H18N2O2/c1-10(2)13(17)7-8-16-14(18)12-5-3-11(9-15)4-6-12/h3-6,10,13,17H,7-8H2,1-2H3,(H,16,18).